The minimum absolute atomic E-state index is 0.279. The second-order valence-electron chi connectivity index (χ2n) is 4.33. The number of hydrogen-bond donors (Lipinski definition) is 2. The Morgan fingerprint density at radius 3 is 2.27 bits per heavy atom. The summed E-state index contributed by atoms with van der Waals surface area (Å²) in [6.07, 6.45) is 0. The molecule has 0 radical (unpaired) electrons. The van der Waals surface area contributed by atoms with Crippen molar-refractivity contribution in [3.63, 3.8) is 0 Å². The SMILES string of the molecule is CCOC(=O)c1ccccc1NC(=O)Nc1ccccc1I. The molecule has 0 aromatic heterocycles. The number of para-hydroxylation sites is 2. The van der Waals surface area contributed by atoms with E-state index in [1.54, 1.807) is 37.3 Å². The highest BCUT2D eigenvalue weighted by Crippen LogP contribution is 2.19. The molecule has 0 unspecified atom stereocenters. The predicted octanol–water partition coefficient (Wildman–Crippen LogP) is 4.11. The molecular formula is C16H15IN2O3. The third-order valence-electron chi connectivity index (χ3n) is 2.79. The first kappa shape index (κ1) is 16.3. The lowest BCUT2D eigenvalue weighted by Crippen LogP contribution is -2.21. The molecule has 0 aliphatic carbocycles. The molecule has 2 amide bonds. The topological polar surface area (TPSA) is 67.4 Å². The minimum Gasteiger partial charge on any atom is -0.462 e. The van der Waals surface area contributed by atoms with E-state index < -0.39 is 12.0 Å². The number of carbonyl (C=O) groups excluding carboxylic acids is 2. The third-order valence-corrected chi connectivity index (χ3v) is 3.73. The summed E-state index contributed by atoms with van der Waals surface area (Å²) in [7, 11) is 0. The van der Waals surface area contributed by atoms with Gasteiger partial charge in [0.15, 0.2) is 0 Å². The van der Waals surface area contributed by atoms with E-state index in [2.05, 4.69) is 33.2 Å². The van der Waals surface area contributed by atoms with Gasteiger partial charge in [0.25, 0.3) is 0 Å². The lowest BCUT2D eigenvalue weighted by Gasteiger charge is -2.12. The van der Waals surface area contributed by atoms with Crippen LogP contribution in [0.4, 0.5) is 16.2 Å². The zero-order valence-corrected chi connectivity index (χ0v) is 14.1. The Morgan fingerprint density at radius 2 is 1.59 bits per heavy atom. The minimum atomic E-state index is -0.465. The quantitative estimate of drug-likeness (QED) is 0.589. The number of esters is 1. The molecule has 6 heteroatoms. The van der Waals surface area contributed by atoms with E-state index in [1.165, 1.54) is 0 Å². The summed E-state index contributed by atoms with van der Waals surface area (Å²) in [5.74, 6) is -0.465. The second kappa shape index (κ2) is 7.79. The summed E-state index contributed by atoms with van der Waals surface area (Å²) < 4.78 is 5.90. The van der Waals surface area contributed by atoms with E-state index in [1.807, 2.05) is 18.2 Å². The molecule has 0 saturated carbocycles. The van der Waals surface area contributed by atoms with Crippen LogP contribution in [0.25, 0.3) is 0 Å². The van der Waals surface area contributed by atoms with Crippen LogP contribution in [0.5, 0.6) is 0 Å². The standard InChI is InChI=1S/C16H15IN2O3/c1-2-22-15(20)11-7-3-5-9-13(11)18-16(21)19-14-10-6-4-8-12(14)17/h3-10H,2H2,1H3,(H2,18,19,21). The van der Waals surface area contributed by atoms with Crippen molar-refractivity contribution in [3.05, 3.63) is 57.7 Å². The van der Waals surface area contributed by atoms with E-state index in [9.17, 15) is 9.59 Å². The van der Waals surface area contributed by atoms with Crippen molar-refractivity contribution < 1.29 is 14.3 Å². The van der Waals surface area contributed by atoms with Crippen molar-refractivity contribution in [2.24, 2.45) is 0 Å². The highest BCUT2D eigenvalue weighted by atomic mass is 127. The molecule has 0 fully saturated rings. The maximum absolute atomic E-state index is 12.1. The van der Waals surface area contributed by atoms with Gasteiger partial charge in [-0.3, -0.25) is 0 Å². The molecule has 22 heavy (non-hydrogen) atoms. The van der Waals surface area contributed by atoms with Crippen molar-refractivity contribution in [3.8, 4) is 0 Å². The maximum Gasteiger partial charge on any atom is 0.340 e. The molecule has 114 valence electrons. The van der Waals surface area contributed by atoms with Crippen LogP contribution in [0.1, 0.15) is 17.3 Å². The number of amides is 2. The Bertz CT molecular complexity index is 689. The molecule has 0 heterocycles. The largest absolute Gasteiger partial charge is 0.462 e. The van der Waals surface area contributed by atoms with Gasteiger partial charge in [-0.2, -0.15) is 0 Å². The lowest BCUT2D eigenvalue weighted by atomic mass is 10.2. The zero-order chi connectivity index (χ0) is 15.9. The highest BCUT2D eigenvalue weighted by Gasteiger charge is 2.14. The number of rotatable bonds is 4. The van der Waals surface area contributed by atoms with Gasteiger partial charge in [0.2, 0.25) is 0 Å². The van der Waals surface area contributed by atoms with Crippen LogP contribution in [0, 0.1) is 3.57 Å². The van der Waals surface area contributed by atoms with Crippen LogP contribution in [-0.4, -0.2) is 18.6 Å². The Morgan fingerprint density at radius 1 is 1.00 bits per heavy atom. The maximum atomic E-state index is 12.1. The van der Waals surface area contributed by atoms with Gasteiger partial charge in [-0.05, 0) is 53.8 Å². The van der Waals surface area contributed by atoms with Crippen molar-refractivity contribution in [1.29, 1.82) is 0 Å². The fourth-order valence-electron chi connectivity index (χ4n) is 1.82. The van der Waals surface area contributed by atoms with E-state index in [0.717, 1.165) is 3.57 Å². The van der Waals surface area contributed by atoms with Gasteiger partial charge in [0.1, 0.15) is 0 Å². The summed E-state index contributed by atoms with van der Waals surface area (Å²) in [5.41, 5.74) is 1.43. The lowest BCUT2D eigenvalue weighted by molar-refractivity contribution is 0.0527. The molecular weight excluding hydrogens is 395 g/mol. The Kier molecular flexibility index (Phi) is 5.76. The first-order valence-corrected chi connectivity index (χ1v) is 7.78. The molecule has 0 aliphatic heterocycles. The van der Waals surface area contributed by atoms with E-state index in [4.69, 9.17) is 4.74 Å². The number of halogens is 1. The normalized spacial score (nSPS) is 9.91. The van der Waals surface area contributed by atoms with Crippen molar-refractivity contribution in [1.82, 2.24) is 0 Å². The van der Waals surface area contributed by atoms with Gasteiger partial charge in [0.05, 0.1) is 23.5 Å². The smallest absolute Gasteiger partial charge is 0.340 e. The van der Waals surface area contributed by atoms with Gasteiger partial charge < -0.3 is 15.4 Å². The molecule has 5 nitrogen and oxygen atoms in total. The monoisotopic (exact) mass is 410 g/mol. The highest BCUT2D eigenvalue weighted by molar-refractivity contribution is 14.1. The first-order chi connectivity index (χ1) is 10.6. The Labute approximate surface area is 142 Å². The molecule has 0 atom stereocenters. The molecule has 2 rings (SSSR count). The van der Waals surface area contributed by atoms with Crippen LogP contribution in [-0.2, 0) is 4.74 Å². The summed E-state index contributed by atoms with van der Waals surface area (Å²) in [6, 6.07) is 13.7. The van der Waals surface area contributed by atoms with Gasteiger partial charge >= 0.3 is 12.0 Å². The number of hydrogen-bond acceptors (Lipinski definition) is 3. The number of urea groups is 1. The van der Waals surface area contributed by atoms with Gasteiger partial charge in [-0.25, -0.2) is 9.59 Å². The van der Waals surface area contributed by atoms with E-state index in [0.29, 0.717) is 16.9 Å². The summed E-state index contributed by atoms with van der Waals surface area (Å²) in [6.45, 7) is 2.01. The Balaban J connectivity index is 2.12. The molecule has 2 N–H and O–H groups in total. The number of ether oxygens (including phenoxy) is 1. The van der Waals surface area contributed by atoms with Gasteiger partial charge in [-0.1, -0.05) is 24.3 Å². The average molecular weight is 410 g/mol. The third kappa shape index (κ3) is 4.20. The first-order valence-electron chi connectivity index (χ1n) is 6.70. The van der Waals surface area contributed by atoms with Crippen LogP contribution in [0.2, 0.25) is 0 Å². The van der Waals surface area contributed by atoms with Crippen LogP contribution < -0.4 is 10.6 Å². The average Bonchev–Trinajstić information content (AvgIpc) is 2.50. The molecule has 2 aromatic rings. The van der Waals surface area contributed by atoms with Crippen molar-refractivity contribution in [2.75, 3.05) is 17.2 Å². The fourth-order valence-corrected chi connectivity index (χ4v) is 2.34. The summed E-state index contributed by atoms with van der Waals surface area (Å²) in [5, 5.41) is 5.42. The Hall–Kier alpha value is -2.09. The predicted molar refractivity (Wildman–Crippen MR) is 94.2 cm³/mol. The van der Waals surface area contributed by atoms with E-state index >= 15 is 0 Å². The number of nitrogens with one attached hydrogen (secondary N) is 2. The zero-order valence-electron chi connectivity index (χ0n) is 11.9. The molecule has 0 aliphatic rings. The van der Waals surface area contributed by atoms with E-state index in [-0.39, 0.29) is 6.61 Å². The van der Waals surface area contributed by atoms with Gasteiger partial charge in [0, 0.05) is 3.57 Å². The second-order valence-corrected chi connectivity index (χ2v) is 5.49. The molecule has 0 saturated heterocycles. The fraction of sp³-hybridized carbons (Fsp3) is 0.125. The molecule has 2 aromatic carbocycles. The van der Waals surface area contributed by atoms with Crippen molar-refractivity contribution in [2.45, 2.75) is 6.92 Å². The summed E-state index contributed by atoms with van der Waals surface area (Å²) in [4.78, 5) is 24.0. The molecule has 0 spiro atoms. The number of anilines is 2. The van der Waals surface area contributed by atoms with Crippen LogP contribution >= 0.6 is 22.6 Å². The van der Waals surface area contributed by atoms with Crippen molar-refractivity contribution >= 4 is 46.0 Å². The number of carbonyl (C=O) groups is 2. The van der Waals surface area contributed by atoms with Gasteiger partial charge in [-0.15, -0.1) is 0 Å². The molecule has 0 bridgehead atoms. The number of benzene rings is 2. The summed E-state index contributed by atoms with van der Waals surface area (Å²) >= 11 is 2.14. The van der Waals surface area contributed by atoms with Crippen LogP contribution in [0.15, 0.2) is 48.5 Å². The van der Waals surface area contributed by atoms with Crippen LogP contribution in [0.3, 0.4) is 0 Å².